The molecule has 0 atom stereocenters. The van der Waals surface area contributed by atoms with Crippen LogP contribution in [-0.4, -0.2) is 19.5 Å². The van der Waals surface area contributed by atoms with Gasteiger partial charge in [0, 0.05) is 84.3 Å². The van der Waals surface area contributed by atoms with E-state index in [0.29, 0.717) is 17.5 Å². The molecule has 10 aromatic carbocycles. The third-order valence-electron chi connectivity index (χ3n) is 13.9. The number of aromatic nitrogens is 4. The van der Waals surface area contributed by atoms with Crippen LogP contribution in [0.2, 0.25) is 0 Å². The monoisotopic (exact) mass is 928 g/mol. The fourth-order valence-electron chi connectivity index (χ4n) is 10.7. The second-order valence-electron chi connectivity index (χ2n) is 17.9. The van der Waals surface area contributed by atoms with E-state index in [1.807, 2.05) is 53.0 Å². The minimum absolute atomic E-state index is 0.585. The first-order valence-corrected chi connectivity index (χ1v) is 25.0. The molecule has 0 aliphatic carbocycles. The Morgan fingerprint density at radius 3 is 1.86 bits per heavy atom. The van der Waals surface area contributed by atoms with Crippen LogP contribution in [0.1, 0.15) is 0 Å². The highest BCUT2D eigenvalue weighted by atomic mass is 32.1. The zero-order chi connectivity index (χ0) is 45.9. The fourth-order valence-corrected chi connectivity index (χ4v) is 13.1. The largest absolute Gasteiger partial charge is 0.456 e. The molecule has 15 rings (SSSR count). The Morgan fingerprint density at radius 1 is 0.329 bits per heavy atom. The highest BCUT2D eigenvalue weighted by Gasteiger charge is 2.21. The van der Waals surface area contributed by atoms with Crippen LogP contribution >= 0.6 is 22.7 Å². The van der Waals surface area contributed by atoms with E-state index in [0.717, 1.165) is 66.3 Å². The molecule has 0 N–H and O–H groups in total. The Balaban J connectivity index is 0.889. The lowest BCUT2D eigenvalue weighted by atomic mass is 9.95. The second kappa shape index (κ2) is 15.4. The van der Waals surface area contributed by atoms with Gasteiger partial charge in [-0.05, 0) is 95.1 Å². The zero-order valence-corrected chi connectivity index (χ0v) is 38.9. The summed E-state index contributed by atoms with van der Waals surface area (Å²) in [6, 6.07) is 77.8. The molecule has 0 aliphatic rings. The van der Waals surface area contributed by atoms with Crippen LogP contribution in [0.4, 0.5) is 0 Å². The Hall–Kier alpha value is -8.75. The third-order valence-corrected chi connectivity index (χ3v) is 16.2. The van der Waals surface area contributed by atoms with Gasteiger partial charge in [0.25, 0.3) is 0 Å². The number of benzene rings is 10. The SMILES string of the molecule is c1ccc(-c2nc(-c3ccc4c(c3)c3ccccc3n4-c3ccccc3)nc(-c3cccc4oc5ccc(-c6cccc7sc8c(-c9ccc%10c(c9)sc9ccccc9%10)cccc8c67)cc5c34)n2)cc1. The van der Waals surface area contributed by atoms with Gasteiger partial charge in [-0.2, -0.15) is 0 Å². The molecule has 0 fully saturated rings. The minimum Gasteiger partial charge on any atom is -0.456 e. The number of thiophene rings is 2. The smallest absolute Gasteiger partial charge is 0.164 e. The maximum absolute atomic E-state index is 6.65. The molecule has 0 unspecified atom stereocenters. The molecule has 70 heavy (non-hydrogen) atoms. The van der Waals surface area contributed by atoms with Gasteiger partial charge in [0.1, 0.15) is 11.2 Å². The quantitative estimate of drug-likeness (QED) is 0.167. The molecule has 0 aliphatic heterocycles. The molecular weight excluding hydrogens is 893 g/mol. The predicted molar refractivity (Wildman–Crippen MR) is 294 cm³/mol. The van der Waals surface area contributed by atoms with Gasteiger partial charge in [-0.1, -0.05) is 146 Å². The summed E-state index contributed by atoms with van der Waals surface area (Å²) in [5, 5.41) is 9.44. The number of rotatable bonds is 6. The summed E-state index contributed by atoms with van der Waals surface area (Å²) in [6.45, 7) is 0. The minimum atomic E-state index is 0.585. The van der Waals surface area contributed by atoms with Crippen LogP contribution in [0.5, 0.6) is 0 Å². The molecule has 0 radical (unpaired) electrons. The number of nitrogens with zero attached hydrogens (tertiary/aromatic N) is 4. The molecular formula is C63H36N4OS2. The van der Waals surface area contributed by atoms with E-state index >= 15 is 0 Å². The maximum atomic E-state index is 6.65. The molecule has 5 heterocycles. The van der Waals surface area contributed by atoms with Gasteiger partial charge in [0.2, 0.25) is 0 Å². The van der Waals surface area contributed by atoms with E-state index in [4.69, 9.17) is 19.4 Å². The van der Waals surface area contributed by atoms with Gasteiger partial charge in [0.05, 0.1) is 11.0 Å². The fraction of sp³-hybridized carbons (Fsp3) is 0. The molecule has 5 nitrogen and oxygen atoms in total. The Bertz CT molecular complexity index is 4600. The normalized spacial score (nSPS) is 12.0. The van der Waals surface area contributed by atoms with Crippen molar-refractivity contribution in [2.75, 3.05) is 0 Å². The van der Waals surface area contributed by atoms with Crippen molar-refractivity contribution in [3.05, 3.63) is 218 Å². The molecule has 5 aromatic heterocycles. The van der Waals surface area contributed by atoms with Gasteiger partial charge in [-0.25, -0.2) is 15.0 Å². The van der Waals surface area contributed by atoms with Crippen LogP contribution in [0.15, 0.2) is 223 Å². The average Bonchev–Trinajstić information content (AvgIpc) is 4.19. The Kier molecular flexibility index (Phi) is 8.63. The summed E-state index contributed by atoms with van der Waals surface area (Å²) in [7, 11) is 0. The van der Waals surface area contributed by atoms with Crippen LogP contribution in [0, 0.1) is 0 Å². The summed E-state index contributed by atoms with van der Waals surface area (Å²) in [4.78, 5) is 15.7. The number of para-hydroxylation sites is 2. The molecule has 326 valence electrons. The van der Waals surface area contributed by atoms with Crippen molar-refractivity contribution in [2.45, 2.75) is 0 Å². The van der Waals surface area contributed by atoms with Crippen LogP contribution in [-0.2, 0) is 0 Å². The summed E-state index contributed by atoms with van der Waals surface area (Å²) >= 11 is 3.74. The summed E-state index contributed by atoms with van der Waals surface area (Å²) < 4.78 is 14.2. The van der Waals surface area contributed by atoms with Gasteiger partial charge in [-0.15, -0.1) is 22.7 Å². The van der Waals surface area contributed by atoms with Gasteiger partial charge < -0.3 is 8.98 Å². The average molecular weight is 929 g/mol. The first kappa shape index (κ1) is 39.3. The zero-order valence-electron chi connectivity index (χ0n) is 37.3. The number of hydrogen-bond acceptors (Lipinski definition) is 6. The first-order chi connectivity index (χ1) is 34.7. The molecule has 0 bridgehead atoms. The molecule has 0 saturated heterocycles. The van der Waals surface area contributed by atoms with Crippen molar-refractivity contribution in [3.63, 3.8) is 0 Å². The van der Waals surface area contributed by atoms with E-state index in [9.17, 15) is 0 Å². The number of hydrogen-bond donors (Lipinski definition) is 0. The van der Waals surface area contributed by atoms with Crippen LogP contribution in [0.3, 0.4) is 0 Å². The maximum Gasteiger partial charge on any atom is 0.164 e. The van der Waals surface area contributed by atoms with Gasteiger partial charge in [-0.3, -0.25) is 0 Å². The van der Waals surface area contributed by atoms with E-state index in [1.54, 1.807) is 0 Å². The highest BCUT2D eigenvalue weighted by Crippen LogP contribution is 2.47. The second-order valence-corrected chi connectivity index (χ2v) is 20.0. The van der Waals surface area contributed by atoms with Crippen LogP contribution in [0.25, 0.3) is 146 Å². The Labute approximate surface area is 408 Å². The van der Waals surface area contributed by atoms with Crippen molar-refractivity contribution < 1.29 is 4.42 Å². The topological polar surface area (TPSA) is 56.7 Å². The predicted octanol–water partition coefficient (Wildman–Crippen LogP) is 17.9. The molecule has 0 amide bonds. The van der Waals surface area contributed by atoms with E-state index in [-0.39, 0.29) is 0 Å². The van der Waals surface area contributed by atoms with Crippen molar-refractivity contribution in [2.24, 2.45) is 0 Å². The molecule has 0 saturated carbocycles. The molecule has 7 heteroatoms. The summed E-state index contributed by atoms with van der Waals surface area (Å²) in [5.41, 5.74) is 12.5. The standard InChI is InChI=1S/C63H36N4OS2/c1-3-14-37(15-4-1)61-64-62(40-29-32-52-49(35-40)44-18-7-9-24-51(44)67(52)41-16-5-2-6-17-41)66-63(65-61)48-23-12-25-54-58(48)50-34-38(30-33-53(50)68-54)42-20-13-27-56-59(42)47-22-11-21-43(60(47)70-56)39-28-31-46-45-19-8-10-26-55(45)69-57(46)36-39/h1-36H. The van der Waals surface area contributed by atoms with Crippen molar-refractivity contribution in [1.29, 1.82) is 0 Å². The third kappa shape index (κ3) is 6.05. The lowest BCUT2D eigenvalue weighted by molar-refractivity contribution is 0.669. The van der Waals surface area contributed by atoms with Crippen molar-refractivity contribution in [3.8, 4) is 62.1 Å². The lowest BCUT2D eigenvalue weighted by Gasteiger charge is -2.10. The highest BCUT2D eigenvalue weighted by molar-refractivity contribution is 7.26. The van der Waals surface area contributed by atoms with Crippen molar-refractivity contribution in [1.82, 2.24) is 19.5 Å². The number of furan rings is 1. The first-order valence-electron chi connectivity index (χ1n) is 23.4. The Morgan fingerprint density at radius 2 is 0.957 bits per heavy atom. The van der Waals surface area contributed by atoms with Crippen molar-refractivity contribution >= 4 is 107 Å². The summed E-state index contributed by atoms with van der Waals surface area (Å²) in [5.74, 6) is 1.80. The molecule has 0 spiro atoms. The molecule has 15 aromatic rings. The van der Waals surface area contributed by atoms with Gasteiger partial charge >= 0.3 is 0 Å². The lowest BCUT2D eigenvalue weighted by Crippen LogP contribution is -2.00. The van der Waals surface area contributed by atoms with E-state index < -0.39 is 0 Å². The van der Waals surface area contributed by atoms with E-state index in [1.165, 1.54) is 62.4 Å². The summed E-state index contributed by atoms with van der Waals surface area (Å²) in [6.07, 6.45) is 0. The van der Waals surface area contributed by atoms with Gasteiger partial charge in [0.15, 0.2) is 17.5 Å². The number of fused-ring (bicyclic) bond motifs is 12. The van der Waals surface area contributed by atoms with Crippen LogP contribution < -0.4 is 0 Å². The van der Waals surface area contributed by atoms with E-state index in [2.05, 4.69) is 193 Å².